The fourth-order valence-electron chi connectivity index (χ4n) is 11.0. The van der Waals surface area contributed by atoms with Crippen molar-refractivity contribution < 1.29 is 52.7 Å². The molecule has 0 saturated carbocycles. The zero-order chi connectivity index (χ0) is 65.3. The summed E-state index contributed by atoms with van der Waals surface area (Å²) in [5.41, 5.74) is 0. The van der Waals surface area contributed by atoms with Gasteiger partial charge < -0.3 is 55.6 Å². The van der Waals surface area contributed by atoms with Crippen molar-refractivity contribution in [3.05, 3.63) is 12.2 Å². The summed E-state index contributed by atoms with van der Waals surface area (Å²) in [6, 6.07) is -11.5. The van der Waals surface area contributed by atoms with Crippen molar-refractivity contribution in [1.82, 2.24) is 55.6 Å². The van der Waals surface area contributed by atoms with Crippen LogP contribution in [0.3, 0.4) is 0 Å². The number of rotatable bonds is 14. The van der Waals surface area contributed by atoms with Gasteiger partial charge >= 0.3 is 0 Å². The fraction of sp³-hybridized carbons (Fsp3) is 0.790. The van der Waals surface area contributed by atoms with Crippen molar-refractivity contribution in [3.8, 4) is 0 Å². The van der Waals surface area contributed by atoms with E-state index in [-0.39, 0.29) is 49.4 Å². The van der Waals surface area contributed by atoms with E-state index in [9.17, 15) is 43.2 Å². The predicted molar refractivity (Wildman–Crippen MR) is 327 cm³/mol. The summed E-state index contributed by atoms with van der Waals surface area (Å²) in [6.45, 7) is 31.6. The molecule has 0 radical (unpaired) electrons. The summed E-state index contributed by atoms with van der Waals surface area (Å²) in [5.74, 6) is -9.30. The number of amides is 11. The number of likely N-dealkylation sites (N-methyl/N-ethyl adjacent to an activating group) is 7. The van der Waals surface area contributed by atoms with E-state index >= 15 is 9.59 Å². The highest BCUT2D eigenvalue weighted by Crippen LogP contribution is 2.28. The summed E-state index contributed by atoms with van der Waals surface area (Å²) >= 11 is 0. The number of nitrogens with zero attached hydrogens (tertiary/aromatic N) is 7. The molecule has 0 aromatic carbocycles. The van der Waals surface area contributed by atoms with Crippen molar-refractivity contribution in [3.63, 3.8) is 0 Å². The Hall–Kier alpha value is -6.09. The molecule has 480 valence electrons. The first-order valence-corrected chi connectivity index (χ1v) is 30.4. The number of allylic oxidation sites excluding steroid dienone is 2. The molecular weight excluding hydrogens is 1070 g/mol. The van der Waals surface area contributed by atoms with Crippen LogP contribution < -0.4 is 21.3 Å². The van der Waals surface area contributed by atoms with Crippen molar-refractivity contribution >= 4 is 65.0 Å². The van der Waals surface area contributed by atoms with Gasteiger partial charge in [-0.3, -0.25) is 52.7 Å². The van der Waals surface area contributed by atoms with Crippen LogP contribution in [0, 0.1) is 47.3 Å². The maximum atomic E-state index is 15.2. The van der Waals surface area contributed by atoms with E-state index in [1.807, 2.05) is 74.5 Å². The van der Waals surface area contributed by atoms with Gasteiger partial charge in [0.05, 0.1) is 6.54 Å². The molecule has 0 unspecified atom stereocenters. The zero-order valence-electron chi connectivity index (χ0n) is 55.9. The van der Waals surface area contributed by atoms with E-state index < -0.39 is 156 Å². The van der Waals surface area contributed by atoms with E-state index in [0.29, 0.717) is 6.42 Å². The van der Waals surface area contributed by atoms with Gasteiger partial charge in [0.15, 0.2) is 0 Å². The Labute approximate surface area is 504 Å². The van der Waals surface area contributed by atoms with Crippen molar-refractivity contribution in [1.29, 1.82) is 0 Å². The third-order valence-electron chi connectivity index (χ3n) is 16.4. The normalized spacial score (nSPS) is 27.1. The minimum atomic E-state index is -1.21. The smallest absolute Gasteiger partial charge is 0.246 e. The second-order valence-corrected chi connectivity index (χ2v) is 26.0. The quantitative estimate of drug-likeness (QED) is 0.180. The van der Waals surface area contributed by atoms with Crippen molar-refractivity contribution in [2.24, 2.45) is 47.3 Å². The molecule has 0 bridgehead atoms. The molecule has 84 heavy (non-hydrogen) atoms. The maximum absolute atomic E-state index is 15.2. The molecule has 0 spiro atoms. The molecule has 1 aliphatic rings. The Bertz CT molecular complexity index is 2300. The van der Waals surface area contributed by atoms with Gasteiger partial charge in [0.2, 0.25) is 65.0 Å². The highest BCUT2D eigenvalue weighted by atomic mass is 16.2. The topological polar surface area (TPSA) is 259 Å². The molecule has 1 saturated heterocycles. The van der Waals surface area contributed by atoms with Crippen LogP contribution in [-0.4, -0.2) is 216 Å². The predicted octanol–water partition coefficient (Wildman–Crippen LogP) is 4.15. The van der Waals surface area contributed by atoms with Gasteiger partial charge in [0.25, 0.3) is 0 Å². The van der Waals surface area contributed by atoms with Crippen LogP contribution in [0.2, 0.25) is 0 Å². The Morgan fingerprint density at radius 2 is 0.869 bits per heavy atom. The minimum Gasteiger partial charge on any atom is -0.343 e. The van der Waals surface area contributed by atoms with Gasteiger partial charge in [-0.2, -0.15) is 0 Å². The van der Waals surface area contributed by atoms with Crippen LogP contribution >= 0.6 is 0 Å². The summed E-state index contributed by atoms with van der Waals surface area (Å²) in [4.78, 5) is 169. The molecule has 1 aliphatic heterocycles. The lowest BCUT2D eigenvalue weighted by Crippen LogP contribution is -2.62. The van der Waals surface area contributed by atoms with Crippen molar-refractivity contribution in [2.75, 3.05) is 55.9 Å². The van der Waals surface area contributed by atoms with Crippen LogP contribution in [-0.2, 0) is 52.7 Å². The lowest BCUT2D eigenvalue weighted by atomic mass is 9.84. The Morgan fingerprint density at radius 1 is 0.440 bits per heavy atom. The SMILES string of the molecule is C/C=C/C[C@@H](C)[C@@H](C)[C@H]1C(=O)N[C@@H](CC)C(=O)N(C)CC(=O)N(C)[C@@H](C(C)C)C(=O)N[C@@H](C(C)C)C(=O)N(C)[C@@H](CC(C)C)C(=O)N[C@@H](C)C(=O)N[C@H](C)C(=O)N(C)[C@@H](CC(C)C)C(=O)N(C)[C@@H](CC(C)C)C(=O)N(C)[C@@H](C(C)C)C(=O)N1C. The number of carbonyl (C=O) groups is 11. The highest BCUT2D eigenvalue weighted by Gasteiger charge is 2.45. The van der Waals surface area contributed by atoms with Gasteiger partial charge in [-0.25, -0.2) is 0 Å². The van der Waals surface area contributed by atoms with Crippen LogP contribution in [0.1, 0.15) is 157 Å². The molecular formula is C62H111N11O11. The lowest BCUT2D eigenvalue weighted by Gasteiger charge is -2.42. The molecule has 22 heteroatoms. The number of hydrogen-bond donors (Lipinski definition) is 4. The Balaban J connectivity index is 4.30. The van der Waals surface area contributed by atoms with E-state index in [1.54, 1.807) is 48.5 Å². The third kappa shape index (κ3) is 20.6. The highest BCUT2D eigenvalue weighted by molar-refractivity contribution is 5.99. The van der Waals surface area contributed by atoms with Crippen LogP contribution in [0.4, 0.5) is 0 Å². The molecule has 1 fully saturated rings. The summed E-state index contributed by atoms with van der Waals surface area (Å²) in [5, 5.41) is 11.1. The standard InChI is InChI=1S/C62H111N11O11/c1-26-28-29-40(15)41(16)52-56(78)65-44(27-2)58(80)67(19)33-48(74)71(23)50(38(11)12)55(77)66-49(37(9)10)61(83)68(20)45(30-34(3)4)54(76)63-42(17)53(75)64-43(18)57(79)69(21)46(31-35(5)6)59(81)70(22)47(32-36(7)8)60(82)72(24)51(39(13)14)62(84)73(52)25/h26,28,34-47,49-52H,27,29-33H2,1-25H3,(H,63,76)(H,64,75)(H,65,78)(H,66,77)/b28-26+/t40-,41-,42+,43-,44+,45+,46+,47+,49+,50+,51+,52+/m1/s1. The van der Waals surface area contributed by atoms with E-state index in [4.69, 9.17) is 0 Å². The molecule has 0 aromatic rings. The Kier molecular flexibility index (Phi) is 30.9. The molecule has 0 aliphatic carbocycles. The molecule has 1 rings (SSSR count). The molecule has 4 N–H and O–H groups in total. The maximum Gasteiger partial charge on any atom is 0.246 e. The van der Waals surface area contributed by atoms with Gasteiger partial charge in [0.1, 0.15) is 60.4 Å². The lowest BCUT2D eigenvalue weighted by molar-refractivity contribution is -0.156. The molecule has 11 amide bonds. The Morgan fingerprint density at radius 3 is 1.32 bits per heavy atom. The summed E-state index contributed by atoms with van der Waals surface area (Å²) in [7, 11) is 10.2. The first kappa shape index (κ1) is 75.9. The van der Waals surface area contributed by atoms with E-state index in [1.165, 1.54) is 97.5 Å². The molecule has 12 atom stereocenters. The average Bonchev–Trinajstić information content (AvgIpc) is 3.42. The van der Waals surface area contributed by atoms with Crippen LogP contribution in [0.5, 0.6) is 0 Å². The van der Waals surface area contributed by atoms with Gasteiger partial charge in [-0.05, 0) is 100 Å². The van der Waals surface area contributed by atoms with Gasteiger partial charge in [-0.15, -0.1) is 0 Å². The molecule has 22 nitrogen and oxygen atoms in total. The van der Waals surface area contributed by atoms with Crippen molar-refractivity contribution in [2.45, 2.75) is 217 Å². The fourth-order valence-corrected chi connectivity index (χ4v) is 11.0. The second kappa shape index (κ2) is 34.2. The number of carbonyl (C=O) groups excluding carboxylic acids is 11. The van der Waals surface area contributed by atoms with E-state index in [2.05, 4.69) is 21.3 Å². The minimum absolute atomic E-state index is 0.103. The van der Waals surface area contributed by atoms with Gasteiger partial charge in [-0.1, -0.05) is 116 Å². The third-order valence-corrected chi connectivity index (χ3v) is 16.4. The van der Waals surface area contributed by atoms with Crippen LogP contribution in [0.15, 0.2) is 12.2 Å². The van der Waals surface area contributed by atoms with E-state index in [0.717, 1.165) is 0 Å². The zero-order valence-corrected chi connectivity index (χ0v) is 55.9. The van der Waals surface area contributed by atoms with Gasteiger partial charge in [0, 0.05) is 49.3 Å². The molecule has 0 aromatic heterocycles. The monoisotopic (exact) mass is 1190 g/mol. The summed E-state index contributed by atoms with van der Waals surface area (Å²) < 4.78 is 0. The second-order valence-electron chi connectivity index (χ2n) is 26.0. The molecule has 1 heterocycles. The van der Waals surface area contributed by atoms with Crippen LogP contribution in [0.25, 0.3) is 0 Å². The first-order chi connectivity index (χ1) is 38.7. The largest absolute Gasteiger partial charge is 0.343 e. The number of hydrogen-bond acceptors (Lipinski definition) is 11. The number of nitrogens with one attached hydrogen (secondary N) is 4. The summed E-state index contributed by atoms with van der Waals surface area (Å²) in [6.07, 6.45) is 5.06. The average molecular weight is 1190 g/mol. The first-order valence-electron chi connectivity index (χ1n) is 30.4.